The Morgan fingerprint density at radius 2 is 1.84 bits per heavy atom. The van der Waals surface area contributed by atoms with Gasteiger partial charge in [-0.2, -0.15) is 5.10 Å². The number of amides is 1. The minimum atomic E-state index is -0.120. The molecule has 0 bridgehead atoms. The molecule has 38 heavy (non-hydrogen) atoms. The standard InChI is InChI=1S/C29H24N6O2S/c1-15(2)29(37)32-19-10-18(13-30-14-19)17-4-5-23-22(11-17)27(35-34-23)24-12-21-20(8-9-31-28(21)33-24)26-7-6-25(38-26)16(3)36/h4-15H,1-3H3,(H,31,33)(H,32,37)(H,34,35). The van der Waals surface area contributed by atoms with Gasteiger partial charge in [0.25, 0.3) is 0 Å². The molecule has 9 heteroatoms. The molecule has 5 aromatic heterocycles. The smallest absolute Gasteiger partial charge is 0.226 e. The van der Waals surface area contributed by atoms with E-state index in [1.807, 2.05) is 50.2 Å². The predicted octanol–water partition coefficient (Wildman–Crippen LogP) is 6.69. The van der Waals surface area contributed by atoms with Gasteiger partial charge in [-0.25, -0.2) is 4.98 Å². The summed E-state index contributed by atoms with van der Waals surface area (Å²) in [5.41, 5.74) is 6.78. The summed E-state index contributed by atoms with van der Waals surface area (Å²) in [4.78, 5) is 38.0. The topological polar surface area (TPSA) is 116 Å². The number of carbonyl (C=O) groups is 2. The molecule has 0 spiro atoms. The highest BCUT2D eigenvalue weighted by atomic mass is 32.1. The average molecular weight is 521 g/mol. The zero-order chi connectivity index (χ0) is 26.4. The van der Waals surface area contributed by atoms with Crippen molar-refractivity contribution in [2.75, 3.05) is 5.32 Å². The van der Waals surface area contributed by atoms with E-state index in [1.54, 1.807) is 25.5 Å². The zero-order valence-electron chi connectivity index (χ0n) is 21.0. The minimum Gasteiger partial charge on any atom is -0.338 e. The van der Waals surface area contributed by atoms with Crippen molar-refractivity contribution in [3.63, 3.8) is 0 Å². The van der Waals surface area contributed by atoms with Crippen LogP contribution in [0, 0.1) is 5.92 Å². The van der Waals surface area contributed by atoms with Crippen LogP contribution in [0.5, 0.6) is 0 Å². The van der Waals surface area contributed by atoms with E-state index >= 15 is 0 Å². The average Bonchev–Trinajstić information content (AvgIpc) is 3.66. The lowest BCUT2D eigenvalue weighted by Crippen LogP contribution is -2.17. The lowest BCUT2D eigenvalue weighted by atomic mass is 10.0. The molecule has 1 aromatic carbocycles. The SMILES string of the molecule is CC(=O)c1ccc(-c2ccnc3[nH]c(-c4n[nH]c5ccc(-c6cncc(NC(=O)C(C)C)c6)cc45)cc23)s1. The highest BCUT2D eigenvalue weighted by Crippen LogP contribution is 2.37. The molecule has 3 N–H and O–H groups in total. The number of fused-ring (bicyclic) bond motifs is 2. The second kappa shape index (κ2) is 9.35. The Morgan fingerprint density at radius 1 is 0.974 bits per heavy atom. The maximum Gasteiger partial charge on any atom is 0.226 e. The molecule has 0 unspecified atom stereocenters. The predicted molar refractivity (Wildman–Crippen MR) is 151 cm³/mol. The molecule has 5 heterocycles. The Labute approximate surface area is 222 Å². The van der Waals surface area contributed by atoms with Crippen LogP contribution in [0.2, 0.25) is 0 Å². The number of anilines is 1. The Morgan fingerprint density at radius 3 is 2.63 bits per heavy atom. The third kappa shape index (κ3) is 4.26. The number of aromatic nitrogens is 5. The fraction of sp³-hybridized carbons (Fsp3) is 0.138. The van der Waals surface area contributed by atoms with Gasteiger partial charge >= 0.3 is 0 Å². The molecule has 0 fully saturated rings. The van der Waals surface area contributed by atoms with Crippen LogP contribution in [0.3, 0.4) is 0 Å². The van der Waals surface area contributed by atoms with Crippen LogP contribution in [0.4, 0.5) is 5.69 Å². The van der Waals surface area contributed by atoms with E-state index < -0.39 is 0 Å². The number of ketones is 1. The first-order valence-corrected chi connectivity index (χ1v) is 13.0. The highest BCUT2D eigenvalue weighted by molar-refractivity contribution is 7.17. The second-order valence-electron chi connectivity index (χ2n) is 9.46. The van der Waals surface area contributed by atoms with Crippen molar-refractivity contribution in [1.82, 2.24) is 25.1 Å². The van der Waals surface area contributed by atoms with Crippen molar-refractivity contribution >= 4 is 50.7 Å². The summed E-state index contributed by atoms with van der Waals surface area (Å²) in [5.74, 6) is -0.114. The fourth-order valence-corrected chi connectivity index (χ4v) is 5.33. The number of hydrogen-bond donors (Lipinski definition) is 3. The van der Waals surface area contributed by atoms with Gasteiger partial charge in [0, 0.05) is 45.1 Å². The minimum absolute atomic E-state index is 0.0524. The molecule has 8 nitrogen and oxygen atoms in total. The monoisotopic (exact) mass is 520 g/mol. The molecule has 188 valence electrons. The second-order valence-corrected chi connectivity index (χ2v) is 10.5. The molecule has 6 rings (SSSR count). The number of benzene rings is 1. The summed E-state index contributed by atoms with van der Waals surface area (Å²) >= 11 is 1.48. The Bertz CT molecular complexity index is 1840. The van der Waals surface area contributed by atoms with Crippen molar-refractivity contribution < 1.29 is 9.59 Å². The fourth-order valence-electron chi connectivity index (χ4n) is 4.39. The molecule has 0 saturated carbocycles. The number of nitrogens with zero attached hydrogens (tertiary/aromatic N) is 3. The molecular formula is C29H24N6O2S. The summed E-state index contributed by atoms with van der Waals surface area (Å²) in [5, 5.41) is 12.5. The van der Waals surface area contributed by atoms with E-state index in [0.717, 1.165) is 59.8 Å². The Balaban J connectivity index is 1.40. The van der Waals surface area contributed by atoms with Crippen molar-refractivity contribution in [3.8, 4) is 33.0 Å². The van der Waals surface area contributed by atoms with Crippen molar-refractivity contribution in [1.29, 1.82) is 0 Å². The number of H-pyrrole nitrogens is 2. The third-order valence-corrected chi connectivity index (χ3v) is 7.65. The van der Waals surface area contributed by atoms with Crippen LogP contribution in [0.25, 0.3) is 54.9 Å². The van der Waals surface area contributed by atoms with Gasteiger partial charge < -0.3 is 10.3 Å². The molecule has 0 atom stereocenters. The van der Waals surface area contributed by atoms with E-state index in [0.29, 0.717) is 5.69 Å². The lowest BCUT2D eigenvalue weighted by Gasteiger charge is -2.09. The quantitative estimate of drug-likeness (QED) is 0.211. The number of thiophene rings is 1. The zero-order valence-corrected chi connectivity index (χ0v) is 21.8. The largest absolute Gasteiger partial charge is 0.338 e. The number of hydrogen-bond acceptors (Lipinski definition) is 6. The number of pyridine rings is 2. The van der Waals surface area contributed by atoms with Crippen LogP contribution in [0.1, 0.15) is 30.4 Å². The molecule has 0 aliphatic carbocycles. The maximum absolute atomic E-state index is 12.1. The molecule has 0 saturated heterocycles. The summed E-state index contributed by atoms with van der Waals surface area (Å²) in [6, 6.07) is 15.8. The van der Waals surface area contributed by atoms with Crippen LogP contribution in [-0.2, 0) is 4.79 Å². The van der Waals surface area contributed by atoms with E-state index in [2.05, 4.69) is 42.6 Å². The first-order chi connectivity index (χ1) is 18.4. The first-order valence-electron chi connectivity index (χ1n) is 12.2. The maximum atomic E-state index is 12.1. The van der Waals surface area contributed by atoms with Gasteiger partial charge in [0.1, 0.15) is 11.3 Å². The summed E-state index contributed by atoms with van der Waals surface area (Å²) in [7, 11) is 0. The molecule has 6 aromatic rings. The van der Waals surface area contributed by atoms with E-state index in [-0.39, 0.29) is 17.6 Å². The van der Waals surface area contributed by atoms with Crippen LogP contribution in [0.15, 0.2) is 67.1 Å². The number of aromatic amines is 2. The number of rotatable bonds is 6. The molecule has 0 radical (unpaired) electrons. The normalized spacial score (nSPS) is 11.5. The lowest BCUT2D eigenvalue weighted by molar-refractivity contribution is -0.118. The molecular weight excluding hydrogens is 496 g/mol. The summed E-state index contributed by atoms with van der Waals surface area (Å²) < 4.78 is 0. The first kappa shape index (κ1) is 23.7. The van der Waals surface area contributed by atoms with Crippen molar-refractivity contribution in [2.45, 2.75) is 20.8 Å². The Kier molecular flexibility index (Phi) is 5.84. The van der Waals surface area contributed by atoms with Gasteiger partial charge in [-0.1, -0.05) is 19.9 Å². The third-order valence-electron chi connectivity index (χ3n) is 6.43. The summed E-state index contributed by atoms with van der Waals surface area (Å²) in [6.45, 7) is 5.29. The van der Waals surface area contributed by atoms with Gasteiger partial charge in [0.05, 0.1) is 28.0 Å². The van der Waals surface area contributed by atoms with Crippen molar-refractivity contribution in [3.05, 3.63) is 72.0 Å². The van der Waals surface area contributed by atoms with Gasteiger partial charge in [0.2, 0.25) is 5.91 Å². The number of Topliss-reactive ketones (excluding diaryl/α,β-unsaturated/α-hetero) is 1. The molecule has 0 aliphatic heterocycles. The molecule has 1 amide bonds. The van der Waals surface area contributed by atoms with E-state index in [9.17, 15) is 9.59 Å². The Hall–Kier alpha value is -4.63. The van der Waals surface area contributed by atoms with Crippen molar-refractivity contribution in [2.24, 2.45) is 5.92 Å². The van der Waals surface area contributed by atoms with Crippen LogP contribution in [-0.4, -0.2) is 36.8 Å². The van der Waals surface area contributed by atoms with Gasteiger partial charge in [-0.15, -0.1) is 11.3 Å². The van der Waals surface area contributed by atoms with Gasteiger partial charge in [0.15, 0.2) is 5.78 Å². The van der Waals surface area contributed by atoms with E-state index in [4.69, 9.17) is 0 Å². The van der Waals surface area contributed by atoms with Crippen LogP contribution < -0.4 is 5.32 Å². The van der Waals surface area contributed by atoms with Gasteiger partial charge in [-0.3, -0.25) is 19.7 Å². The summed E-state index contributed by atoms with van der Waals surface area (Å²) in [6.07, 6.45) is 5.19. The van der Waals surface area contributed by atoms with Gasteiger partial charge in [-0.05, 0) is 55.0 Å². The highest BCUT2D eigenvalue weighted by Gasteiger charge is 2.16. The molecule has 0 aliphatic rings. The van der Waals surface area contributed by atoms with E-state index in [1.165, 1.54) is 11.3 Å². The van der Waals surface area contributed by atoms with Crippen LogP contribution >= 0.6 is 11.3 Å². The number of nitrogens with one attached hydrogen (secondary N) is 3. The number of carbonyl (C=O) groups excluding carboxylic acids is 2.